The molecule has 0 aliphatic carbocycles. The molecular formula is C8H4BrF3N2O. The molecule has 15 heavy (non-hydrogen) atoms. The molecule has 1 rings (SSSR count). The van der Waals surface area contributed by atoms with Gasteiger partial charge in [-0.3, -0.25) is 0 Å². The lowest BCUT2D eigenvalue weighted by Crippen LogP contribution is -2.18. The van der Waals surface area contributed by atoms with Crippen LogP contribution in [-0.4, -0.2) is 11.3 Å². The average Bonchev–Trinajstić information content (AvgIpc) is 2.10. The molecule has 0 saturated carbocycles. The lowest BCUT2D eigenvalue weighted by Gasteiger charge is -2.12. The van der Waals surface area contributed by atoms with Gasteiger partial charge in [0.2, 0.25) is 0 Å². The van der Waals surface area contributed by atoms with Crippen molar-refractivity contribution in [2.75, 3.05) is 0 Å². The van der Waals surface area contributed by atoms with Crippen LogP contribution in [0.3, 0.4) is 0 Å². The third-order valence-corrected chi connectivity index (χ3v) is 2.09. The van der Waals surface area contributed by atoms with Crippen molar-refractivity contribution >= 4 is 15.9 Å². The predicted octanol–water partition coefficient (Wildman–Crippen LogP) is 2.92. The van der Waals surface area contributed by atoms with Crippen molar-refractivity contribution in [3.8, 4) is 11.8 Å². The molecule has 0 aliphatic heterocycles. The van der Waals surface area contributed by atoms with E-state index in [4.69, 9.17) is 5.26 Å². The average molecular weight is 281 g/mol. The smallest absolute Gasteiger partial charge is 0.404 e. The second kappa shape index (κ2) is 4.06. The van der Waals surface area contributed by atoms with Crippen molar-refractivity contribution in [3.63, 3.8) is 0 Å². The summed E-state index contributed by atoms with van der Waals surface area (Å²) in [6.07, 6.45) is -3.64. The Morgan fingerprint density at radius 3 is 2.60 bits per heavy atom. The summed E-state index contributed by atoms with van der Waals surface area (Å²) in [7, 11) is 0. The highest BCUT2D eigenvalue weighted by atomic mass is 79.9. The number of alkyl halides is 3. The summed E-state index contributed by atoms with van der Waals surface area (Å²) in [5.41, 5.74) is -0.126. The van der Waals surface area contributed by atoms with Gasteiger partial charge in [0.05, 0.1) is 0 Å². The summed E-state index contributed by atoms with van der Waals surface area (Å²) in [4.78, 5) is 3.69. The Morgan fingerprint density at radius 1 is 1.53 bits per heavy atom. The minimum atomic E-state index is -4.82. The van der Waals surface area contributed by atoms with E-state index in [2.05, 4.69) is 25.7 Å². The van der Waals surface area contributed by atoms with Crippen molar-refractivity contribution in [2.45, 2.75) is 13.3 Å². The Balaban J connectivity index is 3.28. The fourth-order valence-electron chi connectivity index (χ4n) is 0.912. The van der Waals surface area contributed by atoms with Gasteiger partial charge in [-0.05, 0) is 22.9 Å². The molecular weight excluding hydrogens is 277 g/mol. The predicted molar refractivity (Wildman–Crippen MR) is 48.1 cm³/mol. The highest BCUT2D eigenvalue weighted by Gasteiger charge is 2.33. The zero-order valence-corrected chi connectivity index (χ0v) is 8.98. The number of rotatable bonds is 1. The molecule has 0 amide bonds. The Hall–Kier alpha value is -1.29. The fraction of sp³-hybridized carbons (Fsp3) is 0.250. The van der Waals surface area contributed by atoms with Crippen LogP contribution in [0, 0.1) is 18.3 Å². The number of hydrogen-bond acceptors (Lipinski definition) is 3. The van der Waals surface area contributed by atoms with E-state index >= 15 is 0 Å². The van der Waals surface area contributed by atoms with Crippen molar-refractivity contribution < 1.29 is 17.9 Å². The molecule has 1 aromatic rings. The van der Waals surface area contributed by atoms with Gasteiger partial charge in [0.1, 0.15) is 16.2 Å². The Morgan fingerprint density at radius 2 is 2.13 bits per heavy atom. The molecule has 0 atom stereocenters. The van der Waals surface area contributed by atoms with Gasteiger partial charge in [-0.1, -0.05) is 0 Å². The van der Waals surface area contributed by atoms with Crippen LogP contribution in [-0.2, 0) is 0 Å². The maximum Gasteiger partial charge on any atom is 0.573 e. The van der Waals surface area contributed by atoms with Crippen LogP contribution in [0.2, 0.25) is 0 Å². The number of nitriles is 1. The van der Waals surface area contributed by atoms with Gasteiger partial charge in [0.25, 0.3) is 0 Å². The molecule has 80 valence electrons. The second-order valence-corrected chi connectivity index (χ2v) is 3.35. The van der Waals surface area contributed by atoms with Crippen LogP contribution >= 0.6 is 15.9 Å². The highest BCUT2D eigenvalue weighted by molar-refractivity contribution is 9.10. The molecule has 7 heteroatoms. The van der Waals surface area contributed by atoms with Gasteiger partial charge in [-0.2, -0.15) is 5.26 Å². The number of nitrogens with zero attached hydrogens (tertiary/aromatic N) is 2. The van der Waals surface area contributed by atoms with Crippen molar-refractivity contribution in [3.05, 3.63) is 21.9 Å². The first-order valence-corrected chi connectivity index (χ1v) is 4.45. The number of aromatic nitrogens is 1. The van der Waals surface area contributed by atoms with Gasteiger partial charge in [0, 0.05) is 11.8 Å². The zero-order valence-electron chi connectivity index (χ0n) is 7.39. The third kappa shape index (κ3) is 2.83. The van der Waals surface area contributed by atoms with E-state index in [9.17, 15) is 13.2 Å². The molecule has 0 unspecified atom stereocenters. The molecule has 1 heterocycles. The van der Waals surface area contributed by atoms with Gasteiger partial charge in [-0.15, -0.1) is 13.2 Å². The molecule has 0 bridgehead atoms. The first kappa shape index (κ1) is 11.8. The van der Waals surface area contributed by atoms with Gasteiger partial charge in [-0.25, -0.2) is 4.98 Å². The summed E-state index contributed by atoms with van der Waals surface area (Å²) < 4.78 is 39.8. The van der Waals surface area contributed by atoms with Crippen LogP contribution in [0.1, 0.15) is 11.1 Å². The van der Waals surface area contributed by atoms with E-state index in [0.717, 1.165) is 0 Å². The van der Waals surface area contributed by atoms with E-state index in [1.54, 1.807) is 6.07 Å². The van der Waals surface area contributed by atoms with Crippen LogP contribution in [0.25, 0.3) is 0 Å². The normalized spacial score (nSPS) is 10.9. The molecule has 0 saturated heterocycles. The quantitative estimate of drug-likeness (QED) is 0.743. The van der Waals surface area contributed by atoms with Crippen molar-refractivity contribution in [1.29, 1.82) is 5.26 Å². The molecule has 0 aromatic carbocycles. The molecule has 0 fully saturated rings. The van der Waals surface area contributed by atoms with Crippen LogP contribution in [0.15, 0.2) is 10.8 Å². The summed E-state index contributed by atoms with van der Waals surface area (Å²) in [5.74, 6) is -0.521. The first-order chi connectivity index (χ1) is 6.85. The molecule has 0 aliphatic rings. The molecule has 0 spiro atoms. The van der Waals surface area contributed by atoms with E-state index in [0.29, 0.717) is 0 Å². The second-order valence-electron chi connectivity index (χ2n) is 2.60. The zero-order chi connectivity index (χ0) is 11.6. The summed E-state index contributed by atoms with van der Waals surface area (Å²) in [5, 5.41) is 8.65. The number of ether oxygens (including phenoxy) is 1. The monoisotopic (exact) mass is 280 g/mol. The fourth-order valence-corrected chi connectivity index (χ4v) is 1.28. The van der Waals surface area contributed by atoms with Gasteiger partial charge in [0.15, 0.2) is 5.75 Å². The SMILES string of the molecule is Cc1cnc(Br)c(C#N)c1OC(F)(F)F. The maximum atomic E-state index is 12.0. The van der Waals surface area contributed by atoms with E-state index in [1.807, 2.05) is 0 Å². The van der Waals surface area contributed by atoms with Crippen molar-refractivity contribution in [2.24, 2.45) is 0 Å². The van der Waals surface area contributed by atoms with E-state index < -0.39 is 12.1 Å². The minimum Gasteiger partial charge on any atom is -0.404 e. The highest BCUT2D eigenvalue weighted by Crippen LogP contribution is 2.32. The van der Waals surface area contributed by atoms with E-state index in [-0.39, 0.29) is 15.7 Å². The Bertz CT molecular complexity index is 425. The number of aryl methyl sites for hydroxylation is 1. The summed E-state index contributed by atoms with van der Waals surface area (Å²) in [6, 6.07) is 1.59. The number of hydrogen-bond donors (Lipinski definition) is 0. The largest absolute Gasteiger partial charge is 0.573 e. The van der Waals surface area contributed by atoms with Crippen LogP contribution in [0.4, 0.5) is 13.2 Å². The van der Waals surface area contributed by atoms with Crippen molar-refractivity contribution in [1.82, 2.24) is 4.98 Å². The third-order valence-electron chi connectivity index (χ3n) is 1.49. The van der Waals surface area contributed by atoms with E-state index in [1.165, 1.54) is 13.1 Å². The topological polar surface area (TPSA) is 45.9 Å². The van der Waals surface area contributed by atoms with Crippen LogP contribution < -0.4 is 4.74 Å². The lowest BCUT2D eigenvalue weighted by atomic mass is 10.2. The van der Waals surface area contributed by atoms with Gasteiger partial charge < -0.3 is 4.74 Å². The number of halogens is 4. The van der Waals surface area contributed by atoms with Crippen LogP contribution in [0.5, 0.6) is 5.75 Å². The Kier molecular flexibility index (Phi) is 3.19. The van der Waals surface area contributed by atoms with Gasteiger partial charge >= 0.3 is 6.36 Å². The molecule has 0 N–H and O–H groups in total. The molecule has 0 radical (unpaired) electrons. The standard InChI is InChI=1S/C8H4BrF3N2O/c1-4-3-14-7(9)5(2-13)6(4)15-8(10,11)12/h3H,1H3. The minimum absolute atomic E-state index is 0.0230. The molecule has 1 aromatic heterocycles. The molecule has 3 nitrogen and oxygen atoms in total. The summed E-state index contributed by atoms with van der Waals surface area (Å²) in [6.45, 7) is 1.38. The number of pyridine rings is 1. The summed E-state index contributed by atoms with van der Waals surface area (Å²) >= 11 is 2.87. The maximum absolute atomic E-state index is 12.0. The Labute approximate surface area is 91.6 Å². The lowest BCUT2D eigenvalue weighted by molar-refractivity contribution is -0.275. The first-order valence-electron chi connectivity index (χ1n) is 3.66.